The Bertz CT molecular complexity index is 386. The van der Waals surface area contributed by atoms with Crippen LogP contribution in [0.5, 0.6) is 0 Å². The summed E-state index contributed by atoms with van der Waals surface area (Å²) in [5.41, 5.74) is -1.76. The molecule has 1 aliphatic rings. The third kappa shape index (κ3) is 3.85. The molecule has 0 aromatic rings. The van der Waals surface area contributed by atoms with Gasteiger partial charge in [-0.25, -0.2) is 0 Å². The molecule has 0 N–H and O–H groups in total. The van der Waals surface area contributed by atoms with E-state index in [9.17, 15) is 9.59 Å². The van der Waals surface area contributed by atoms with Gasteiger partial charge in [0.25, 0.3) is 0 Å². The number of hydrogen-bond donors (Lipinski definition) is 0. The van der Waals surface area contributed by atoms with Crippen LogP contribution in [0.2, 0.25) is 0 Å². The molecule has 0 spiro atoms. The molecule has 0 radical (unpaired) electrons. The minimum Gasteiger partial charge on any atom is -0.465 e. The SMILES string of the molecule is CCOC(=O)C(C)(C)C(=O)C1(OCC)CCC(C)(C)CC1. The van der Waals surface area contributed by atoms with Gasteiger partial charge in [0.15, 0.2) is 5.78 Å². The van der Waals surface area contributed by atoms with Crippen LogP contribution in [-0.2, 0) is 19.1 Å². The minimum absolute atomic E-state index is 0.134. The average molecular weight is 298 g/mol. The molecular formula is C17H30O4. The molecular weight excluding hydrogens is 268 g/mol. The maximum atomic E-state index is 13.0. The van der Waals surface area contributed by atoms with Crippen molar-refractivity contribution in [3.05, 3.63) is 0 Å². The number of rotatable bonds is 6. The summed E-state index contributed by atoms with van der Waals surface area (Å²) in [4.78, 5) is 25.2. The molecule has 1 fully saturated rings. The maximum absolute atomic E-state index is 13.0. The van der Waals surface area contributed by atoms with Crippen molar-refractivity contribution in [2.45, 2.75) is 72.8 Å². The smallest absolute Gasteiger partial charge is 0.319 e. The number of ether oxygens (including phenoxy) is 2. The van der Waals surface area contributed by atoms with Crippen LogP contribution < -0.4 is 0 Å². The van der Waals surface area contributed by atoms with Crippen LogP contribution in [0.4, 0.5) is 0 Å². The maximum Gasteiger partial charge on any atom is 0.319 e. The second-order valence-corrected chi connectivity index (χ2v) is 7.27. The summed E-state index contributed by atoms with van der Waals surface area (Å²) in [5, 5.41) is 0. The molecule has 0 aromatic heterocycles. The van der Waals surface area contributed by atoms with Gasteiger partial charge in [-0.2, -0.15) is 0 Å². The molecule has 1 rings (SSSR count). The first-order chi connectivity index (χ1) is 9.61. The van der Waals surface area contributed by atoms with E-state index in [4.69, 9.17) is 9.47 Å². The third-order valence-corrected chi connectivity index (χ3v) is 4.60. The molecule has 0 unspecified atom stereocenters. The largest absolute Gasteiger partial charge is 0.465 e. The van der Waals surface area contributed by atoms with Gasteiger partial charge in [-0.15, -0.1) is 0 Å². The van der Waals surface area contributed by atoms with Crippen molar-refractivity contribution in [2.24, 2.45) is 10.8 Å². The Morgan fingerprint density at radius 2 is 1.52 bits per heavy atom. The Balaban J connectivity index is 3.00. The molecule has 0 atom stereocenters. The molecule has 4 heteroatoms. The van der Waals surface area contributed by atoms with Gasteiger partial charge in [0.1, 0.15) is 11.0 Å². The molecule has 0 saturated heterocycles. The molecule has 122 valence electrons. The van der Waals surface area contributed by atoms with E-state index in [1.165, 1.54) is 0 Å². The monoisotopic (exact) mass is 298 g/mol. The lowest BCUT2D eigenvalue weighted by atomic mass is 9.65. The normalized spacial score (nSPS) is 20.9. The van der Waals surface area contributed by atoms with Crippen LogP contribution in [0, 0.1) is 10.8 Å². The lowest BCUT2D eigenvalue weighted by molar-refractivity contribution is -0.173. The Kier molecular flexibility index (Phi) is 5.59. The zero-order valence-corrected chi connectivity index (χ0v) is 14.4. The summed E-state index contributed by atoms with van der Waals surface area (Å²) in [6.45, 7) is 12.1. The molecule has 4 nitrogen and oxygen atoms in total. The fourth-order valence-electron chi connectivity index (χ4n) is 3.02. The van der Waals surface area contributed by atoms with E-state index in [0.29, 0.717) is 19.4 Å². The summed E-state index contributed by atoms with van der Waals surface area (Å²) in [6.07, 6.45) is 3.21. The predicted molar refractivity (Wildman–Crippen MR) is 82.0 cm³/mol. The summed E-state index contributed by atoms with van der Waals surface area (Å²) >= 11 is 0. The zero-order valence-electron chi connectivity index (χ0n) is 14.4. The number of esters is 1. The van der Waals surface area contributed by atoms with Crippen molar-refractivity contribution in [2.75, 3.05) is 13.2 Å². The van der Waals surface area contributed by atoms with Crippen LogP contribution in [-0.4, -0.2) is 30.6 Å². The molecule has 0 aliphatic heterocycles. The fraction of sp³-hybridized carbons (Fsp3) is 0.882. The summed E-state index contributed by atoms with van der Waals surface area (Å²) in [7, 11) is 0. The van der Waals surface area contributed by atoms with Gasteiger partial charge in [-0.05, 0) is 58.8 Å². The first-order valence-corrected chi connectivity index (χ1v) is 7.97. The highest BCUT2D eigenvalue weighted by atomic mass is 16.5. The van der Waals surface area contributed by atoms with Gasteiger partial charge in [0, 0.05) is 6.61 Å². The predicted octanol–water partition coefficient (Wildman–Crippen LogP) is 3.52. The van der Waals surface area contributed by atoms with Crippen LogP contribution in [0.15, 0.2) is 0 Å². The lowest BCUT2D eigenvalue weighted by Crippen LogP contribution is -2.54. The standard InChI is InChI=1S/C17H30O4/c1-7-20-14(19)16(5,6)13(18)17(21-8-2)11-9-15(3,4)10-12-17/h7-12H2,1-6H3. The summed E-state index contributed by atoms with van der Waals surface area (Å²) < 4.78 is 11.0. The van der Waals surface area contributed by atoms with Crippen molar-refractivity contribution >= 4 is 11.8 Å². The average Bonchev–Trinajstić information content (AvgIpc) is 2.41. The Labute approximate surface area is 128 Å². The van der Waals surface area contributed by atoms with E-state index in [1.807, 2.05) is 6.92 Å². The van der Waals surface area contributed by atoms with Crippen LogP contribution in [0.1, 0.15) is 67.2 Å². The zero-order chi connectivity index (χ0) is 16.3. The molecule has 21 heavy (non-hydrogen) atoms. The van der Waals surface area contributed by atoms with E-state index in [-0.39, 0.29) is 17.8 Å². The second kappa shape index (κ2) is 6.47. The van der Waals surface area contributed by atoms with Crippen molar-refractivity contribution in [1.29, 1.82) is 0 Å². The number of hydrogen-bond acceptors (Lipinski definition) is 4. The highest BCUT2D eigenvalue weighted by Gasteiger charge is 2.52. The highest BCUT2D eigenvalue weighted by Crippen LogP contribution is 2.45. The Hall–Kier alpha value is -0.900. The van der Waals surface area contributed by atoms with Crippen molar-refractivity contribution in [3.63, 3.8) is 0 Å². The van der Waals surface area contributed by atoms with E-state index in [2.05, 4.69) is 13.8 Å². The quantitative estimate of drug-likeness (QED) is 0.556. The van der Waals surface area contributed by atoms with E-state index >= 15 is 0 Å². The first kappa shape index (κ1) is 18.1. The van der Waals surface area contributed by atoms with Gasteiger partial charge >= 0.3 is 5.97 Å². The van der Waals surface area contributed by atoms with Gasteiger partial charge in [-0.1, -0.05) is 13.8 Å². The number of Topliss-reactive ketones (excluding diaryl/α,β-unsaturated/α-hetero) is 1. The molecule has 0 aromatic carbocycles. The van der Waals surface area contributed by atoms with E-state index in [0.717, 1.165) is 12.8 Å². The molecule has 1 saturated carbocycles. The van der Waals surface area contributed by atoms with E-state index < -0.39 is 17.0 Å². The molecule has 0 heterocycles. The van der Waals surface area contributed by atoms with Gasteiger partial charge in [0.05, 0.1) is 6.61 Å². The van der Waals surface area contributed by atoms with Crippen molar-refractivity contribution in [3.8, 4) is 0 Å². The van der Waals surface area contributed by atoms with Gasteiger partial charge in [-0.3, -0.25) is 9.59 Å². The third-order valence-electron chi connectivity index (χ3n) is 4.60. The Morgan fingerprint density at radius 1 is 1.00 bits per heavy atom. The number of carbonyl (C=O) groups excluding carboxylic acids is 2. The lowest BCUT2D eigenvalue weighted by Gasteiger charge is -2.44. The topological polar surface area (TPSA) is 52.6 Å². The minimum atomic E-state index is -1.16. The van der Waals surface area contributed by atoms with Crippen LogP contribution >= 0.6 is 0 Å². The number of ketones is 1. The van der Waals surface area contributed by atoms with Crippen molar-refractivity contribution < 1.29 is 19.1 Å². The summed E-state index contributed by atoms with van der Waals surface area (Å²) in [6, 6.07) is 0. The van der Waals surface area contributed by atoms with E-state index in [1.54, 1.807) is 20.8 Å². The van der Waals surface area contributed by atoms with Crippen molar-refractivity contribution in [1.82, 2.24) is 0 Å². The Morgan fingerprint density at radius 3 is 1.95 bits per heavy atom. The molecule has 0 amide bonds. The fourth-order valence-corrected chi connectivity index (χ4v) is 3.02. The van der Waals surface area contributed by atoms with Gasteiger partial charge in [0.2, 0.25) is 0 Å². The molecule has 0 bridgehead atoms. The first-order valence-electron chi connectivity index (χ1n) is 7.97. The van der Waals surface area contributed by atoms with Crippen LogP contribution in [0.3, 0.4) is 0 Å². The second-order valence-electron chi connectivity index (χ2n) is 7.27. The highest BCUT2D eigenvalue weighted by molar-refractivity contribution is 6.07. The number of carbonyl (C=O) groups is 2. The van der Waals surface area contributed by atoms with Crippen LogP contribution in [0.25, 0.3) is 0 Å². The molecule has 1 aliphatic carbocycles. The van der Waals surface area contributed by atoms with Gasteiger partial charge < -0.3 is 9.47 Å². The summed E-state index contributed by atoms with van der Waals surface area (Å²) in [5.74, 6) is -0.593.